The van der Waals surface area contributed by atoms with Gasteiger partial charge in [0.1, 0.15) is 0 Å². The minimum absolute atomic E-state index is 0. The average molecular weight is 353 g/mol. The normalized spacial score (nSPS) is 20.0. The third-order valence-corrected chi connectivity index (χ3v) is 5.06. The lowest BCUT2D eigenvalue weighted by molar-refractivity contribution is 0.182. The molecule has 1 aliphatic rings. The van der Waals surface area contributed by atoms with Gasteiger partial charge in [-0.2, -0.15) is 0 Å². The van der Waals surface area contributed by atoms with E-state index in [0.29, 0.717) is 11.2 Å². The van der Waals surface area contributed by atoms with E-state index in [1.165, 1.54) is 23.4 Å². The molecule has 4 nitrogen and oxygen atoms in total. The second kappa shape index (κ2) is 8.64. The van der Waals surface area contributed by atoms with Crippen LogP contribution in [0, 0.1) is 0 Å². The molecule has 0 radical (unpaired) electrons. The van der Waals surface area contributed by atoms with Crippen molar-refractivity contribution in [3.8, 4) is 0 Å². The molecule has 1 aromatic heterocycles. The number of benzene rings is 1. The SMILES string of the molecule is CC1CN(Cc2ccccc2)CCCN1Cc1cnc(N)s1.Cl. The second-order valence-corrected chi connectivity index (χ2v) is 7.21. The first-order valence-electron chi connectivity index (χ1n) is 7.91. The molecule has 2 aromatic rings. The molecule has 0 bridgehead atoms. The highest BCUT2D eigenvalue weighted by molar-refractivity contribution is 7.15. The Morgan fingerprint density at radius 2 is 2.00 bits per heavy atom. The Bertz CT molecular complexity index is 589. The van der Waals surface area contributed by atoms with E-state index in [9.17, 15) is 0 Å². The first-order chi connectivity index (χ1) is 10.7. The van der Waals surface area contributed by atoms with Gasteiger partial charge in [-0.1, -0.05) is 30.3 Å². The van der Waals surface area contributed by atoms with Gasteiger partial charge in [0.05, 0.1) is 0 Å². The zero-order valence-electron chi connectivity index (χ0n) is 13.5. The van der Waals surface area contributed by atoms with Gasteiger partial charge < -0.3 is 5.73 Å². The van der Waals surface area contributed by atoms with Crippen LogP contribution in [-0.4, -0.2) is 40.5 Å². The number of nitrogen functional groups attached to an aromatic ring is 1. The molecule has 1 saturated heterocycles. The molecule has 2 heterocycles. The number of nitrogens with zero attached hydrogens (tertiary/aromatic N) is 3. The number of rotatable bonds is 4. The van der Waals surface area contributed by atoms with Gasteiger partial charge in [0.25, 0.3) is 0 Å². The van der Waals surface area contributed by atoms with Crippen molar-refractivity contribution in [3.63, 3.8) is 0 Å². The molecule has 1 fully saturated rings. The number of anilines is 1. The second-order valence-electron chi connectivity index (χ2n) is 6.06. The van der Waals surface area contributed by atoms with Crippen LogP contribution in [0.15, 0.2) is 36.5 Å². The maximum absolute atomic E-state index is 5.74. The Morgan fingerprint density at radius 1 is 1.22 bits per heavy atom. The van der Waals surface area contributed by atoms with Crippen molar-refractivity contribution in [2.24, 2.45) is 0 Å². The van der Waals surface area contributed by atoms with E-state index in [1.807, 2.05) is 6.20 Å². The van der Waals surface area contributed by atoms with E-state index in [0.717, 1.165) is 26.2 Å². The minimum atomic E-state index is 0. The summed E-state index contributed by atoms with van der Waals surface area (Å²) in [5, 5.41) is 0.670. The zero-order valence-corrected chi connectivity index (χ0v) is 15.2. The van der Waals surface area contributed by atoms with Crippen LogP contribution >= 0.6 is 23.7 Å². The largest absolute Gasteiger partial charge is 0.375 e. The fraction of sp³-hybridized carbons (Fsp3) is 0.471. The third kappa shape index (κ3) is 5.18. The van der Waals surface area contributed by atoms with E-state index >= 15 is 0 Å². The quantitative estimate of drug-likeness (QED) is 0.917. The van der Waals surface area contributed by atoms with Crippen LogP contribution in [0.3, 0.4) is 0 Å². The van der Waals surface area contributed by atoms with Crippen LogP contribution in [-0.2, 0) is 13.1 Å². The van der Waals surface area contributed by atoms with Crippen molar-refractivity contribution >= 4 is 28.9 Å². The lowest BCUT2D eigenvalue weighted by Gasteiger charge is -2.28. The summed E-state index contributed by atoms with van der Waals surface area (Å²) in [5.41, 5.74) is 7.14. The van der Waals surface area contributed by atoms with Crippen LogP contribution in [0.25, 0.3) is 0 Å². The molecule has 6 heteroatoms. The van der Waals surface area contributed by atoms with Crippen molar-refractivity contribution in [2.45, 2.75) is 32.5 Å². The summed E-state index contributed by atoms with van der Waals surface area (Å²) >= 11 is 1.61. The van der Waals surface area contributed by atoms with E-state index < -0.39 is 0 Å². The molecular weight excluding hydrogens is 328 g/mol. The summed E-state index contributed by atoms with van der Waals surface area (Å²) < 4.78 is 0. The minimum Gasteiger partial charge on any atom is -0.375 e. The first kappa shape index (κ1) is 18.2. The number of hydrogen-bond donors (Lipinski definition) is 1. The van der Waals surface area contributed by atoms with E-state index in [1.54, 1.807) is 11.3 Å². The van der Waals surface area contributed by atoms with Crippen molar-refractivity contribution < 1.29 is 0 Å². The number of hydrogen-bond acceptors (Lipinski definition) is 5. The maximum atomic E-state index is 5.74. The van der Waals surface area contributed by atoms with Gasteiger partial charge in [-0.05, 0) is 25.5 Å². The lowest BCUT2D eigenvalue weighted by Crippen LogP contribution is -2.38. The average Bonchev–Trinajstić information content (AvgIpc) is 2.84. The predicted molar refractivity (Wildman–Crippen MR) is 100.0 cm³/mol. The number of thiazole rings is 1. The highest BCUT2D eigenvalue weighted by Crippen LogP contribution is 2.20. The van der Waals surface area contributed by atoms with Gasteiger partial charge in [0.15, 0.2) is 5.13 Å². The number of halogens is 1. The third-order valence-electron chi connectivity index (χ3n) is 4.24. The topological polar surface area (TPSA) is 45.4 Å². The highest BCUT2D eigenvalue weighted by atomic mass is 35.5. The summed E-state index contributed by atoms with van der Waals surface area (Å²) in [4.78, 5) is 10.5. The fourth-order valence-corrected chi connectivity index (χ4v) is 3.82. The Labute approximate surface area is 148 Å². The van der Waals surface area contributed by atoms with Gasteiger partial charge in [0, 0.05) is 43.3 Å². The monoisotopic (exact) mass is 352 g/mol. The van der Waals surface area contributed by atoms with E-state index in [4.69, 9.17) is 5.73 Å². The molecule has 0 amide bonds. The van der Waals surface area contributed by atoms with E-state index in [-0.39, 0.29) is 12.4 Å². The molecule has 1 aromatic carbocycles. The van der Waals surface area contributed by atoms with Gasteiger partial charge in [0.2, 0.25) is 0 Å². The summed E-state index contributed by atoms with van der Waals surface area (Å²) in [6.45, 7) is 7.77. The fourth-order valence-electron chi connectivity index (χ4n) is 3.11. The van der Waals surface area contributed by atoms with E-state index in [2.05, 4.69) is 52.0 Å². The zero-order chi connectivity index (χ0) is 15.4. The Morgan fingerprint density at radius 3 is 2.70 bits per heavy atom. The van der Waals surface area contributed by atoms with Gasteiger partial charge in [-0.15, -0.1) is 23.7 Å². The Balaban J connectivity index is 0.00000192. The van der Waals surface area contributed by atoms with Crippen molar-refractivity contribution in [1.29, 1.82) is 0 Å². The van der Waals surface area contributed by atoms with Crippen molar-refractivity contribution in [2.75, 3.05) is 25.4 Å². The first-order valence-corrected chi connectivity index (χ1v) is 8.73. The van der Waals surface area contributed by atoms with Crippen LogP contribution < -0.4 is 5.73 Å². The Hall–Kier alpha value is -1.14. The van der Waals surface area contributed by atoms with Gasteiger partial charge in [-0.25, -0.2) is 4.98 Å². The molecule has 0 spiro atoms. The smallest absolute Gasteiger partial charge is 0.180 e. The summed E-state index contributed by atoms with van der Waals surface area (Å²) in [6, 6.07) is 11.3. The van der Waals surface area contributed by atoms with Crippen LogP contribution in [0.5, 0.6) is 0 Å². The molecular formula is C17H25ClN4S. The van der Waals surface area contributed by atoms with Gasteiger partial charge in [-0.3, -0.25) is 9.80 Å². The molecule has 0 aliphatic carbocycles. The van der Waals surface area contributed by atoms with Gasteiger partial charge >= 0.3 is 0 Å². The molecule has 0 saturated carbocycles. The molecule has 126 valence electrons. The Kier molecular flexibility index (Phi) is 6.84. The van der Waals surface area contributed by atoms with Crippen molar-refractivity contribution in [1.82, 2.24) is 14.8 Å². The standard InChI is InChI=1S/C17H24N4S.ClH/c1-14-11-20(12-15-6-3-2-4-7-15)8-5-9-21(14)13-16-10-19-17(18)22-16;/h2-4,6-7,10,14H,5,8-9,11-13H2,1H3,(H2,18,19);1H. The number of aromatic nitrogens is 1. The van der Waals surface area contributed by atoms with Crippen LogP contribution in [0.1, 0.15) is 23.8 Å². The molecule has 1 unspecified atom stereocenters. The summed E-state index contributed by atoms with van der Waals surface area (Å²) in [6.07, 6.45) is 3.13. The van der Waals surface area contributed by atoms with Crippen LogP contribution in [0.2, 0.25) is 0 Å². The lowest BCUT2D eigenvalue weighted by atomic mass is 10.2. The van der Waals surface area contributed by atoms with Crippen LogP contribution in [0.4, 0.5) is 5.13 Å². The molecule has 1 atom stereocenters. The summed E-state index contributed by atoms with van der Waals surface area (Å²) in [7, 11) is 0. The molecule has 23 heavy (non-hydrogen) atoms. The maximum Gasteiger partial charge on any atom is 0.180 e. The molecule has 2 N–H and O–H groups in total. The number of nitrogens with two attached hydrogens (primary N) is 1. The summed E-state index contributed by atoms with van der Waals surface area (Å²) in [5.74, 6) is 0. The highest BCUT2D eigenvalue weighted by Gasteiger charge is 2.22. The predicted octanol–water partition coefficient (Wildman–Crippen LogP) is 3.24. The molecule has 1 aliphatic heterocycles. The molecule has 3 rings (SSSR count). The van der Waals surface area contributed by atoms with Crippen molar-refractivity contribution in [3.05, 3.63) is 47.0 Å².